The Hall–Kier alpha value is -3.30. The van der Waals surface area contributed by atoms with Gasteiger partial charge in [0.05, 0.1) is 10.6 Å². The van der Waals surface area contributed by atoms with Gasteiger partial charge in [0.25, 0.3) is 10.0 Å². The van der Waals surface area contributed by atoms with Crippen LogP contribution in [0, 0.1) is 13.8 Å². The fraction of sp³-hybridized carbons (Fsp3) is 0.412. The maximum absolute atomic E-state index is 14.3. The number of nitrogens with one attached hydrogen (secondary N) is 1. The summed E-state index contributed by atoms with van der Waals surface area (Å²) in [6, 6.07) is 21.0. The Bertz CT molecular complexity index is 1480. The number of nitrogens with zero attached hydrogens (tertiary/aromatic N) is 2. The van der Waals surface area contributed by atoms with Crippen molar-refractivity contribution in [3.8, 4) is 0 Å². The lowest BCUT2D eigenvalue weighted by Crippen LogP contribution is -2.54. The highest BCUT2D eigenvalue weighted by Crippen LogP contribution is 2.27. The fourth-order valence-electron chi connectivity index (χ4n) is 5.59. The number of hydrogen-bond donors (Lipinski definition) is 1. The number of rotatable bonds is 12. The van der Waals surface area contributed by atoms with Crippen LogP contribution >= 0.6 is 11.8 Å². The first-order valence-electron chi connectivity index (χ1n) is 15.0. The summed E-state index contributed by atoms with van der Waals surface area (Å²) in [6.07, 6.45) is 7.53. The molecule has 2 amide bonds. The zero-order valence-electron chi connectivity index (χ0n) is 25.6. The van der Waals surface area contributed by atoms with Gasteiger partial charge in [-0.3, -0.25) is 13.9 Å². The number of benzene rings is 3. The number of hydrogen-bond acceptors (Lipinski definition) is 5. The van der Waals surface area contributed by atoms with E-state index in [1.807, 2.05) is 63.4 Å². The van der Waals surface area contributed by atoms with E-state index in [2.05, 4.69) is 5.32 Å². The molecule has 0 spiro atoms. The molecule has 3 aromatic rings. The van der Waals surface area contributed by atoms with E-state index >= 15 is 0 Å². The Balaban J connectivity index is 1.70. The first-order valence-corrected chi connectivity index (χ1v) is 17.7. The average Bonchev–Trinajstić information content (AvgIpc) is 3.00. The lowest BCUT2D eigenvalue weighted by atomic mass is 9.95. The van der Waals surface area contributed by atoms with Gasteiger partial charge in [-0.15, -0.1) is 11.8 Å². The largest absolute Gasteiger partial charge is 0.352 e. The maximum atomic E-state index is 14.3. The van der Waals surface area contributed by atoms with E-state index in [4.69, 9.17) is 0 Å². The van der Waals surface area contributed by atoms with Gasteiger partial charge in [-0.2, -0.15) is 0 Å². The number of sulfonamides is 1. The summed E-state index contributed by atoms with van der Waals surface area (Å²) in [7, 11) is -4.10. The standard InChI is InChI=1S/C34H43N3O4S2/c1-5-32(34(39)35-28-12-7-6-8-13-28)36(23-27-11-9-10-26(3)22-27)33(38)24-37(29-16-14-25(2)15-17-29)43(40,41)31-20-18-30(42-4)19-21-31/h9-11,14-22,28,32H,5-8,12-13,23-24H2,1-4H3,(H,35,39). The highest BCUT2D eigenvalue weighted by atomic mass is 32.2. The predicted molar refractivity (Wildman–Crippen MR) is 175 cm³/mol. The number of carbonyl (C=O) groups is 2. The Morgan fingerprint density at radius 2 is 1.60 bits per heavy atom. The second-order valence-electron chi connectivity index (χ2n) is 11.3. The third-order valence-corrected chi connectivity index (χ3v) is 10.6. The summed E-state index contributed by atoms with van der Waals surface area (Å²) in [5.74, 6) is -0.621. The summed E-state index contributed by atoms with van der Waals surface area (Å²) in [6.45, 7) is 5.56. The molecule has 0 bridgehead atoms. The van der Waals surface area contributed by atoms with Crippen LogP contribution in [0.25, 0.3) is 0 Å². The lowest BCUT2D eigenvalue weighted by molar-refractivity contribution is -0.140. The van der Waals surface area contributed by atoms with Crippen LogP contribution in [0.2, 0.25) is 0 Å². The zero-order chi connectivity index (χ0) is 31.0. The average molecular weight is 622 g/mol. The minimum Gasteiger partial charge on any atom is -0.352 e. The molecule has 1 N–H and O–H groups in total. The van der Waals surface area contributed by atoms with Gasteiger partial charge in [-0.1, -0.05) is 73.7 Å². The predicted octanol–water partition coefficient (Wildman–Crippen LogP) is 6.48. The van der Waals surface area contributed by atoms with E-state index in [0.717, 1.165) is 51.6 Å². The molecule has 7 nitrogen and oxygen atoms in total. The van der Waals surface area contributed by atoms with Gasteiger partial charge in [-0.25, -0.2) is 8.42 Å². The van der Waals surface area contributed by atoms with Crippen LogP contribution in [-0.4, -0.2) is 50.0 Å². The van der Waals surface area contributed by atoms with Crippen LogP contribution in [0.4, 0.5) is 5.69 Å². The van der Waals surface area contributed by atoms with Gasteiger partial charge in [-0.05, 0) is 81.3 Å². The molecule has 1 aliphatic carbocycles. The second-order valence-corrected chi connectivity index (χ2v) is 14.0. The molecular formula is C34H43N3O4S2. The van der Waals surface area contributed by atoms with Gasteiger partial charge in [0.2, 0.25) is 11.8 Å². The first kappa shape index (κ1) is 32.6. The van der Waals surface area contributed by atoms with E-state index in [-0.39, 0.29) is 23.4 Å². The molecule has 0 aromatic heterocycles. The van der Waals surface area contributed by atoms with E-state index in [1.54, 1.807) is 41.3 Å². The molecule has 43 heavy (non-hydrogen) atoms. The molecule has 0 heterocycles. The molecule has 1 atom stereocenters. The Labute approximate surface area is 261 Å². The van der Waals surface area contributed by atoms with Crippen LogP contribution in [0.5, 0.6) is 0 Å². The van der Waals surface area contributed by atoms with Crippen molar-refractivity contribution in [1.82, 2.24) is 10.2 Å². The van der Waals surface area contributed by atoms with Crippen LogP contribution in [0.3, 0.4) is 0 Å². The number of aryl methyl sites for hydroxylation is 2. The SMILES string of the molecule is CCC(C(=O)NC1CCCCC1)N(Cc1cccc(C)c1)C(=O)CN(c1ccc(C)cc1)S(=O)(=O)c1ccc(SC)cc1. The van der Waals surface area contributed by atoms with Crippen molar-refractivity contribution in [2.75, 3.05) is 17.1 Å². The molecule has 0 saturated heterocycles. The van der Waals surface area contributed by atoms with E-state index < -0.39 is 28.5 Å². The lowest BCUT2D eigenvalue weighted by Gasteiger charge is -2.34. The number of anilines is 1. The summed E-state index contributed by atoms with van der Waals surface area (Å²) >= 11 is 1.52. The highest BCUT2D eigenvalue weighted by Gasteiger charge is 2.34. The van der Waals surface area contributed by atoms with Crippen LogP contribution in [0.1, 0.15) is 62.1 Å². The van der Waals surface area contributed by atoms with Crippen molar-refractivity contribution >= 4 is 39.3 Å². The molecule has 0 aliphatic heterocycles. The second kappa shape index (κ2) is 14.9. The number of carbonyl (C=O) groups excluding carboxylic acids is 2. The van der Waals surface area contributed by atoms with Gasteiger partial charge < -0.3 is 10.2 Å². The summed E-state index contributed by atoms with van der Waals surface area (Å²) in [5.41, 5.74) is 3.29. The molecule has 230 valence electrons. The van der Waals surface area contributed by atoms with Gasteiger partial charge in [0.15, 0.2) is 0 Å². The molecule has 4 rings (SSSR count). The molecule has 1 aliphatic rings. The molecule has 1 fully saturated rings. The van der Waals surface area contributed by atoms with Crippen molar-refractivity contribution < 1.29 is 18.0 Å². The Morgan fingerprint density at radius 1 is 0.930 bits per heavy atom. The van der Waals surface area contributed by atoms with Crippen molar-refractivity contribution in [2.24, 2.45) is 0 Å². The maximum Gasteiger partial charge on any atom is 0.264 e. The van der Waals surface area contributed by atoms with E-state index in [9.17, 15) is 18.0 Å². The van der Waals surface area contributed by atoms with Gasteiger partial charge in [0, 0.05) is 17.5 Å². The van der Waals surface area contributed by atoms with Crippen molar-refractivity contribution in [3.05, 3.63) is 89.5 Å². The molecule has 1 saturated carbocycles. The molecule has 3 aromatic carbocycles. The summed E-state index contributed by atoms with van der Waals surface area (Å²) < 4.78 is 29.3. The summed E-state index contributed by atoms with van der Waals surface area (Å²) in [5, 5.41) is 3.19. The number of thioether (sulfide) groups is 1. The molecule has 1 unspecified atom stereocenters. The van der Waals surface area contributed by atoms with Crippen LogP contribution in [-0.2, 0) is 26.2 Å². The first-order chi connectivity index (χ1) is 20.6. The quantitative estimate of drug-likeness (QED) is 0.234. The molecule has 0 radical (unpaired) electrons. The number of amides is 2. The van der Waals surface area contributed by atoms with Crippen molar-refractivity contribution in [1.29, 1.82) is 0 Å². The molecule has 9 heteroatoms. The third-order valence-electron chi connectivity index (χ3n) is 8.02. The monoisotopic (exact) mass is 621 g/mol. The summed E-state index contributed by atoms with van der Waals surface area (Å²) in [4.78, 5) is 30.6. The normalized spacial score (nSPS) is 14.6. The zero-order valence-corrected chi connectivity index (χ0v) is 27.2. The van der Waals surface area contributed by atoms with Gasteiger partial charge in [0.1, 0.15) is 12.6 Å². The Morgan fingerprint density at radius 3 is 2.21 bits per heavy atom. The Kier molecular flexibility index (Phi) is 11.3. The minimum atomic E-state index is -4.10. The molecular weight excluding hydrogens is 579 g/mol. The minimum absolute atomic E-state index is 0.0971. The smallest absolute Gasteiger partial charge is 0.264 e. The van der Waals surface area contributed by atoms with E-state index in [1.165, 1.54) is 18.2 Å². The van der Waals surface area contributed by atoms with Crippen LogP contribution in [0.15, 0.2) is 82.6 Å². The van der Waals surface area contributed by atoms with Crippen LogP contribution < -0.4 is 9.62 Å². The van der Waals surface area contributed by atoms with Gasteiger partial charge >= 0.3 is 0 Å². The van der Waals surface area contributed by atoms with Crippen molar-refractivity contribution in [2.45, 2.75) is 87.7 Å². The topological polar surface area (TPSA) is 86.8 Å². The van der Waals surface area contributed by atoms with E-state index in [0.29, 0.717) is 12.1 Å². The highest BCUT2D eigenvalue weighted by molar-refractivity contribution is 7.98. The third kappa shape index (κ3) is 8.42. The van der Waals surface area contributed by atoms with Crippen molar-refractivity contribution in [3.63, 3.8) is 0 Å². The fourth-order valence-corrected chi connectivity index (χ4v) is 7.41.